The minimum absolute atomic E-state index is 0.0415. The van der Waals surface area contributed by atoms with E-state index in [2.05, 4.69) is 11.9 Å². The van der Waals surface area contributed by atoms with Gasteiger partial charge < -0.3 is 4.90 Å². The number of benzene rings is 1. The molecule has 2 unspecified atom stereocenters. The largest absolute Gasteiger partial charge is 0.333 e. The van der Waals surface area contributed by atoms with E-state index in [0.717, 1.165) is 34.5 Å². The Morgan fingerprint density at radius 3 is 2.43 bits per heavy atom. The number of piperidine rings is 1. The molecule has 0 radical (unpaired) electrons. The van der Waals surface area contributed by atoms with Gasteiger partial charge in [-0.1, -0.05) is 6.92 Å². The maximum Gasteiger partial charge on any atom is 0.254 e. The van der Waals surface area contributed by atoms with Crippen molar-refractivity contribution in [2.24, 2.45) is 0 Å². The van der Waals surface area contributed by atoms with E-state index in [-0.39, 0.29) is 35.8 Å². The SMILES string of the molecule is CCc1nc2ccc(C(=O)N3C4CCC3CC(N3C(=O)CCC3=O)C4)cc2s1. The van der Waals surface area contributed by atoms with Gasteiger partial charge in [-0.3, -0.25) is 19.3 Å². The van der Waals surface area contributed by atoms with Crippen molar-refractivity contribution >= 4 is 39.3 Å². The van der Waals surface area contributed by atoms with E-state index in [1.807, 2.05) is 23.1 Å². The Hall–Kier alpha value is -2.28. The molecular weight excluding hydrogens is 374 g/mol. The number of aromatic nitrogens is 1. The maximum absolute atomic E-state index is 13.3. The minimum Gasteiger partial charge on any atom is -0.333 e. The number of likely N-dealkylation sites (tertiary alicyclic amines) is 1. The fourth-order valence-corrected chi connectivity index (χ4v) is 6.04. The lowest BCUT2D eigenvalue weighted by molar-refractivity contribution is -0.142. The first-order valence-electron chi connectivity index (χ1n) is 10.1. The molecule has 28 heavy (non-hydrogen) atoms. The molecule has 0 N–H and O–H groups in total. The molecule has 0 saturated carbocycles. The Balaban J connectivity index is 1.38. The second-order valence-corrected chi connectivity index (χ2v) is 9.14. The zero-order chi connectivity index (χ0) is 19.4. The summed E-state index contributed by atoms with van der Waals surface area (Å²) in [5.74, 6) is -0.0218. The van der Waals surface area contributed by atoms with Gasteiger partial charge in [-0.15, -0.1) is 11.3 Å². The Bertz CT molecular complexity index is 954. The molecular formula is C21H23N3O3S. The van der Waals surface area contributed by atoms with E-state index in [4.69, 9.17) is 0 Å². The van der Waals surface area contributed by atoms with Crippen LogP contribution in [-0.2, 0) is 16.0 Å². The number of aryl methyl sites for hydroxylation is 1. The van der Waals surface area contributed by atoms with Crippen LogP contribution in [0.25, 0.3) is 10.2 Å². The molecule has 2 aromatic rings. The number of thiazole rings is 1. The summed E-state index contributed by atoms with van der Waals surface area (Å²) in [6, 6.07) is 5.96. The average Bonchev–Trinajstić information content (AvgIpc) is 3.34. The number of rotatable bonds is 3. The molecule has 0 aliphatic carbocycles. The van der Waals surface area contributed by atoms with E-state index >= 15 is 0 Å². The van der Waals surface area contributed by atoms with E-state index in [9.17, 15) is 14.4 Å². The summed E-state index contributed by atoms with van der Waals surface area (Å²) in [5, 5.41) is 1.08. The lowest BCUT2D eigenvalue weighted by Gasteiger charge is -2.41. The van der Waals surface area contributed by atoms with E-state index in [1.165, 1.54) is 4.90 Å². The van der Waals surface area contributed by atoms with Gasteiger partial charge in [0.05, 0.1) is 15.2 Å². The maximum atomic E-state index is 13.3. The predicted octanol–water partition coefficient (Wildman–Crippen LogP) is 3.14. The molecule has 6 nitrogen and oxygen atoms in total. The molecule has 0 spiro atoms. The number of hydrogen-bond donors (Lipinski definition) is 0. The molecule has 3 saturated heterocycles. The van der Waals surface area contributed by atoms with Gasteiger partial charge >= 0.3 is 0 Å². The van der Waals surface area contributed by atoms with Crippen molar-refractivity contribution in [1.29, 1.82) is 0 Å². The van der Waals surface area contributed by atoms with Crippen molar-refractivity contribution in [2.45, 2.75) is 70.0 Å². The van der Waals surface area contributed by atoms with Crippen LogP contribution in [-0.4, -0.2) is 50.6 Å². The topological polar surface area (TPSA) is 70.6 Å². The van der Waals surface area contributed by atoms with Gasteiger partial charge in [0.15, 0.2) is 0 Å². The molecule has 3 amide bonds. The Morgan fingerprint density at radius 2 is 1.79 bits per heavy atom. The zero-order valence-electron chi connectivity index (χ0n) is 15.9. The highest BCUT2D eigenvalue weighted by atomic mass is 32.1. The second kappa shape index (κ2) is 6.65. The molecule has 2 atom stereocenters. The fourth-order valence-electron chi connectivity index (χ4n) is 5.10. The van der Waals surface area contributed by atoms with Crippen LogP contribution in [0.5, 0.6) is 0 Å². The Morgan fingerprint density at radius 1 is 1.11 bits per heavy atom. The summed E-state index contributed by atoms with van der Waals surface area (Å²) in [5.41, 5.74) is 1.66. The minimum atomic E-state index is -0.0449. The molecule has 1 aromatic carbocycles. The number of fused-ring (bicyclic) bond motifs is 3. The van der Waals surface area contributed by atoms with Crippen LogP contribution >= 0.6 is 11.3 Å². The summed E-state index contributed by atoms with van der Waals surface area (Å²) in [7, 11) is 0. The van der Waals surface area contributed by atoms with Crippen molar-refractivity contribution in [3.05, 3.63) is 28.8 Å². The first-order chi connectivity index (χ1) is 13.5. The van der Waals surface area contributed by atoms with Crippen LogP contribution in [0.2, 0.25) is 0 Å². The second-order valence-electron chi connectivity index (χ2n) is 8.02. The molecule has 3 aliphatic heterocycles. The van der Waals surface area contributed by atoms with Crippen LogP contribution in [0.15, 0.2) is 18.2 Å². The molecule has 146 valence electrons. The lowest BCUT2D eigenvalue weighted by atomic mass is 9.95. The monoisotopic (exact) mass is 397 g/mol. The van der Waals surface area contributed by atoms with Crippen LogP contribution in [0, 0.1) is 0 Å². The molecule has 7 heteroatoms. The number of carbonyl (C=O) groups excluding carboxylic acids is 3. The molecule has 1 aromatic heterocycles. The van der Waals surface area contributed by atoms with Crippen molar-refractivity contribution in [3.63, 3.8) is 0 Å². The van der Waals surface area contributed by atoms with Gasteiger partial charge in [-0.05, 0) is 50.3 Å². The molecule has 3 aliphatic rings. The Kier molecular flexibility index (Phi) is 4.23. The number of carbonyl (C=O) groups is 3. The summed E-state index contributed by atoms with van der Waals surface area (Å²) >= 11 is 1.65. The highest BCUT2D eigenvalue weighted by molar-refractivity contribution is 7.18. The first kappa shape index (κ1) is 17.8. The summed E-state index contributed by atoms with van der Waals surface area (Å²) in [6.07, 6.45) is 4.89. The standard InChI is InChI=1S/C21H23N3O3S/c1-2-18-22-16-6-3-12(9-17(16)28-18)21(27)23-13-4-5-14(23)11-15(10-13)24-19(25)7-8-20(24)26/h3,6,9,13-15H,2,4-5,7-8,10-11H2,1H3. The van der Waals surface area contributed by atoms with Gasteiger partial charge in [0, 0.05) is 36.5 Å². The van der Waals surface area contributed by atoms with Crippen LogP contribution in [0.4, 0.5) is 0 Å². The van der Waals surface area contributed by atoms with Crippen LogP contribution in [0.3, 0.4) is 0 Å². The molecule has 4 heterocycles. The van der Waals surface area contributed by atoms with Gasteiger partial charge in [0.1, 0.15) is 0 Å². The zero-order valence-corrected chi connectivity index (χ0v) is 16.7. The third-order valence-corrected chi connectivity index (χ3v) is 7.54. The molecule has 2 bridgehead atoms. The number of amides is 3. The van der Waals surface area contributed by atoms with Crippen molar-refractivity contribution in [1.82, 2.24) is 14.8 Å². The third kappa shape index (κ3) is 2.75. The molecule has 3 fully saturated rings. The average molecular weight is 398 g/mol. The fraction of sp³-hybridized carbons (Fsp3) is 0.524. The predicted molar refractivity (Wildman–Crippen MR) is 106 cm³/mol. The normalized spacial score (nSPS) is 27.2. The summed E-state index contributed by atoms with van der Waals surface area (Å²) in [4.78, 5) is 45.6. The highest BCUT2D eigenvalue weighted by Crippen LogP contribution is 2.40. The van der Waals surface area contributed by atoms with E-state index in [1.54, 1.807) is 11.3 Å². The number of hydrogen-bond acceptors (Lipinski definition) is 5. The first-order valence-corrected chi connectivity index (χ1v) is 10.9. The van der Waals surface area contributed by atoms with E-state index < -0.39 is 0 Å². The van der Waals surface area contributed by atoms with Gasteiger partial charge in [0.2, 0.25) is 11.8 Å². The van der Waals surface area contributed by atoms with Gasteiger partial charge in [-0.25, -0.2) is 4.98 Å². The van der Waals surface area contributed by atoms with Gasteiger partial charge in [-0.2, -0.15) is 0 Å². The lowest BCUT2D eigenvalue weighted by Crippen LogP contribution is -2.53. The van der Waals surface area contributed by atoms with Crippen molar-refractivity contribution in [3.8, 4) is 0 Å². The van der Waals surface area contributed by atoms with E-state index in [0.29, 0.717) is 31.2 Å². The number of imide groups is 1. The van der Waals surface area contributed by atoms with Gasteiger partial charge in [0.25, 0.3) is 5.91 Å². The van der Waals surface area contributed by atoms with Crippen molar-refractivity contribution < 1.29 is 14.4 Å². The third-order valence-electron chi connectivity index (χ3n) is 6.38. The summed E-state index contributed by atoms with van der Waals surface area (Å²) in [6.45, 7) is 2.08. The smallest absolute Gasteiger partial charge is 0.254 e. The molecule has 5 rings (SSSR count). The Labute approximate surface area is 167 Å². The number of nitrogens with zero attached hydrogens (tertiary/aromatic N) is 3. The van der Waals surface area contributed by atoms with Crippen LogP contribution < -0.4 is 0 Å². The highest BCUT2D eigenvalue weighted by Gasteiger charge is 2.47. The van der Waals surface area contributed by atoms with Crippen LogP contribution in [0.1, 0.15) is 60.8 Å². The summed E-state index contributed by atoms with van der Waals surface area (Å²) < 4.78 is 1.05. The quantitative estimate of drug-likeness (QED) is 0.746. The van der Waals surface area contributed by atoms with Crippen molar-refractivity contribution in [2.75, 3.05) is 0 Å².